The fourth-order valence-corrected chi connectivity index (χ4v) is 3.27. The SMILES string of the molecule is Cc1cn(C2CCCC2)c2nc(NC3=NCC=CN3)ncc12. The molecule has 3 heterocycles. The first-order chi connectivity index (χ1) is 10.8. The maximum Gasteiger partial charge on any atom is 0.231 e. The summed E-state index contributed by atoms with van der Waals surface area (Å²) in [6.45, 7) is 2.80. The molecule has 1 aliphatic heterocycles. The van der Waals surface area contributed by atoms with Gasteiger partial charge in [0.25, 0.3) is 0 Å². The van der Waals surface area contributed by atoms with Crippen LogP contribution < -0.4 is 10.6 Å². The summed E-state index contributed by atoms with van der Waals surface area (Å²) in [5.41, 5.74) is 2.26. The lowest BCUT2D eigenvalue weighted by Crippen LogP contribution is -2.29. The summed E-state index contributed by atoms with van der Waals surface area (Å²) < 4.78 is 2.33. The van der Waals surface area contributed by atoms with Crippen LogP contribution >= 0.6 is 0 Å². The topological polar surface area (TPSA) is 67.1 Å². The Morgan fingerprint density at radius 1 is 1.32 bits per heavy atom. The number of fused-ring (bicyclic) bond motifs is 1. The molecule has 2 aromatic heterocycles. The summed E-state index contributed by atoms with van der Waals surface area (Å²) in [7, 11) is 0. The molecule has 0 amide bonds. The third-order valence-corrected chi connectivity index (χ3v) is 4.41. The largest absolute Gasteiger partial charge is 0.333 e. The molecule has 6 heteroatoms. The highest BCUT2D eigenvalue weighted by Gasteiger charge is 2.20. The Kier molecular flexibility index (Phi) is 3.29. The molecule has 2 aromatic rings. The van der Waals surface area contributed by atoms with Gasteiger partial charge in [-0.15, -0.1) is 0 Å². The van der Waals surface area contributed by atoms with Crippen molar-refractivity contribution in [1.82, 2.24) is 19.9 Å². The van der Waals surface area contributed by atoms with Crippen molar-refractivity contribution in [3.05, 3.63) is 30.2 Å². The van der Waals surface area contributed by atoms with Crippen LogP contribution in [0.5, 0.6) is 0 Å². The van der Waals surface area contributed by atoms with Crippen LogP contribution in [0.2, 0.25) is 0 Å². The maximum absolute atomic E-state index is 4.73. The van der Waals surface area contributed by atoms with Crippen molar-refractivity contribution < 1.29 is 0 Å². The lowest BCUT2D eigenvalue weighted by Gasteiger charge is -2.14. The van der Waals surface area contributed by atoms with Crippen molar-refractivity contribution in [1.29, 1.82) is 0 Å². The van der Waals surface area contributed by atoms with Gasteiger partial charge >= 0.3 is 0 Å². The van der Waals surface area contributed by atoms with E-state index in [4.69, 9.17) is 4.98 Å². The summed E-state index contributed by atoms with van der Waals surface area (Å²) in [6.07, 6.45) is 13.1. The molecular weight excluding hydrogens is 276 g/mol. The normalized spacial score (nSPS) is 18.5. The smallest absolute Gasteiger partial charge is 0.231 e. The molecule has 0 aromatic carbocycles. The van der Waals surface area contributed by atoms with Crippen LogP contribution in [0, 0.1) is 6.92 Å². The van der Waals surface area contributed by atoms with E-state index < -0.39 is 0 Å². The second kappa shape index (κ2) is 5.44. The first kappa shape index (κ1) is 13.3. The molecule has 6 nitrogen and oxygen atoms in total. The second-order valence-electron chi connectivity index (χ2n) is 5.95. The van der Waals surface area contributed by atoms with Crippen molar-refractivity contribution >= 4 is 22.9 Å². The summed E-state index contributed by atoms with van der Waals surface area (Å²) in [5.74, 6) is 1.28. The van der Waals surface area contributed by atoms with E-state index in [1.165, 1.54) is 31.2 Å². The Morgan fingerprint density at radius 3 is 2.95 bits per heavy atom. The minimum atomic E-state index is 0.576. The number of nitrogens with one attached hydrogen (secondary N) is 2. The Hall–Kier alpha value is -2.37. The Morgan fingerprint density at radius 2 is 2.18 bits per heavy atom. The maximum atomic E-state index is 4.73. The van der Waals surface area contributed by atoms with Crippen LogP contribution in [0.25, 0.3) is 11.0 Å². The zero-order valence-corrected chi connectivity index (χ0v) is 12.7. The van der Waals surface area contributed by atoms with E-state index in [9.17, 15) is 0 Å². The van der Waals surface area contributed by atoms with Gasteiger partial charge < -0.3 is 9.88 Å². The summed E-state index contributed by atoms with van der Waals surface area (Å²) >= 11 is 0. The minimum absolute atomic E-state index is 0.576. The van der Waals surface area contributed by atoms with Crippen LogP contribution in [-0.2, 0) is 0 Å². The van der Waals surface area contributed by atoms with Crippen LogP contribution in [0.1, 0.15) is 37.3 Å². The average Bonchev–Trinajstić information content (AvgIpc) is 3.17. The molecule has 0 saturated heterocycles. The third-order valence-electron chi connectivity index (χ3n) is 4.41. The predicted molar refractivity (Wildman–Crippen MR) is 88.0 cm³/mol. The van der Waals surface area contributed by atoms with Gasteiger partial charge in [0.05, 0.1) is 6.54 Å². The van der Waals surface area contributed by atoms with E-state index in [1.807, 2.05) is 18.5 Å². The number of hydrogen-bond donors (Lipinski definition) is 2. The minimum Gasteiger partial charge on any atom is -0.333 e. The van der Waals surface area contributed by atoms with Crippen molar-refractivity contribution in [2.45, 2.75) is 38.6 Å². The highest BCUT2D eigenvalue weighted by Crippen LogP contribution is 2.33. The standard InChI is InChI=1S/C16H20N6/c1-11-10-22(12-5-2-3-6-12)14-13(11)9-19-16(20-14)21-15-17-7-4-8-18-15/h4,7,9-10,12H,2-3,5-6,8H2,1H3,(H2,17,18,19,20,21). The number of aryl methyl sites for hydroxylation is 1. The van der Waals surface area contributed by atoms with E-state index in [1.54, 1.807) is 0 Å². The lowest BCUT2D eigenvalue weighted by atomic mass is 10.2. The molecule has 114 valence electrons. The Balaban J connectivity index is 1.69. The fourth-order valence-electron chi connectivity index (χ4n) is 3.27. The van der Waals surface area contributed by atoms with E-state index in [0.29, 0.717) is 24.5 Å². The molecule has 2 N–H and O–H groups in total. The Labute approximate surface area is 129 Å². The lowest BCUT2D eigenvalue weighted by molar-refractivity contribution is 0.532. The van der Waals surface area contributed by atoms with Gasteiger partial charge in [0.2, 0.25) is 11.9 Å². The van der Waals surface area contributed by atoms with Crippen LogP contribution in [0.3, 0.4) is 0 Å². The van der Waals surface area contributed by atoms with E-state index >= 15 is 0 Å². The quantitative estimate of drug-likeness (QED) is 0.894. The summed E-state index contributed by atoms with van der Waals surface area (Å²) in [6, 6.07) is 0.576. The van der Waals surface area contributed by atoms with Crippen molar-refractivity contribution in [2.75, 3.05) is 11.9 Å². The zero-order valence-electron chi connectivity index (χ0n) is 12.7. The van der Waals surface area contributed by atoms with Gasteiger partial charge in [0, 0.05) is 30.0 Å². The van der Waals surface area contributed by atoms with E-state index in [-0.39, 0.29) is 0 Å². The third kappa shape index (κ3) is 2.34. The number of aliphatic imine (C=N–C) groups is 1. The fraction of sp³-hybridized carbons (Fsp3) is 0.438. The van der Waals surface area contributed by atoms with Gasteiger partial charge in [0.15, 0.2) is 0 Å². The monoisotopic (exact) mass is 296 g/mol. The first-order valence-corrected chi connectivity index (χ1v) is 7.88. The molecule has 1 aliphatic carbocycles. The number of anilines is 1. The summed E-state index contributed by atoms with van der Waals surface area (Å²) in [4.78, 5) is 13.5. The van der Waals surface area contributed by atoms with Gasteiger partial charge in [-0.2, -0.15) is 4.98 Å². The van der Waals surface area contributed by atoms with Crippen LogP contribution in [0.4, 0.5) is 5.95 Å². The molecule has 0 radical (unpaired) electrons. The van der Waals surface area contributed by atoms with Crippen LogP contribution in [0.15, 0.2) is 29.7 Å². The van der Waals surface area contributed by atoms with Crippen molar-refractivity contribution in [3.63, 3.8) is 0 Å². The van der Waals surface area contributed by atoms with Crippen LogP contribution in [-0.4, -0.2) is 27.0 Å². The number of nitrogens with zero attached hydrogens (tertiary/aromatic N) is 4. The first-order valence-electron chi connectivity index (χ1n) is 7.88. The van der Waals surface area contributed by atoms with Crippen molar-refractivity contribution in [3.8, 4) is 0 Å². The molecule has 1 fully saturated rings. The molecule has 2 aliphatic rings. The number of hydrogen-bond acceptors (Lipinski definition) is 5. The highest BCUT2D eigenvalue weighted by molar-refractivity contribution is 5.94. The average molecular weight is 296 g/mol. The Bertz CT molecular complexity index is 751. The van der Waals surface area contributed by atoms with Gasteiger partial charge in [-0.3, -0.25) is 5.32 Å². The van der Waals surface area contributed by atoms with Gasteiger partial charge in [0.1, 0.15) is 5.65 Å². The second-order valence-corrected chi connectivity index (χ2v) is 5.95. The molecule has 0 spiro atoms. The molecule has 4 rings (SSSR count). The van der Waals surface area contributed by atoms with Gasteiger partial charge in [-0.1, -0.05) is 12.8 Å². The predicted octanol–water partition coefficient (Wildman–Crippen LogP) is 2.74. The van der Waals surface area contributed by atoms with E-state index in [2.05, 4.69) is 38.3 Å². The molecule has 22 heavy (non-hydrogen) atoms. The molecule has 0 atom stereocenters. The number of rotatable bonds is 2. The molecule has 0 bridgehead atoms. The summed E-state index contributed by atoms with van der Waals surface area (Å²) in [5, 5.41) is 7.35. The molecule has 1 saturated carbocycles. The zero-order chi connectivity index (χ0) is 14.9. The molecular formula is C16H20N6. The van der Waals surface area contributed by atoms with Gasteiger partial charge in [-0.25, -0.2) is 9.98 Å². The van der Waals surface area contributed by atoms with E-state index in [0.717, 1.165) is 11.0 Å². The molecule has 0 unspecified atom stereocenters. The highest BCUT2D eigenvalue weighted by atomic mass is 15.2. The van der Waals surface area contributed by atoms with Crippen molar-refractivity contribution in [2.24, 2.45) is 4.99 Å². The number of aromatic nitrogens is 3. The van der Waals surface area contributed by atoms with Gasteiger partial charge in [-0.05, 0) is 31.4 Å². The number of guanidine groups is 1.